The van der Waals surface area contributed by atoms with E-state index in [1.807, 2.05) is 6.07 Å². The van der Waals surface area contributed by atoms with Crippen molar-refractivity contribution in [3.63, 3.8) is 0 Å². The molecule has 3 heteroatoms. The summed E-state index contributed by atoms with van der Waals surface area (Å²) in [5, 5.41) is 4.73. The van der Waals surface area contributed by atoms with E-state index in [4.69, 9.17) is 15.0 Å². The highest BCUT2D eigenvalue weighted by molar-refractivity contribution is 6.13. The maximum Gasteiger partial charge on any atom is 0.164 e. The third-order valence-electron chi connectivity index (χ3n) is 9.49. The number of benzene rings is 6. The largest absolute Gasteiger partial charge is 0.208 e. The van der Waals surface area contributed by atoms with Crippen molar-refractivity contribution in [1.82, 2.24) is 15.0 Å². The smallest absolute Gasteiger partial charge is 0.164 e. The third kappa shape index (κ3) is 4.71. The molecule has 6 aromatic carbocycles. The van der Waals surface area contributed by atoms with Crippen LogP contribution in [0.3, 0.4) is 0 Å². The van der Waals surface area contributed by atoms with E-state index in [9.17, 15) is 0 Å². The Kier molecular flexibility index (Phi) is 6.21. The van der Waals surface area contributed by atoms with Crippen LogP contribution in [0.5, 0.6) is 0 Å². The van der Waals surface area contributed by atoms with Crippen molar-refractivity contribution in [2.75, 3.05) is 0 Å². The summed E-state index contributed by atoms with van der Waals surface area (Å²) in [6.07, 6.45) is 1.11. The van der Waals surface area contributed by atoms with Crippen LogP contribution in [0.1, 0.15) is 45.2 Å². The highest BCUT2D eigenvalue weighted by Crippen LogP contribution is 2.50. The molecule has 7 aromatic rings. The predicted molar refractivity (Wildman–Crippen MR) is 187 cm³/mol. The molecular formula is C42H35N3. The van der Waals surface area contributed by atoms with Crippen LogP contribution in [0.2, 0.25) is 0 Å². The third-order valence-corrected chi connectivity index (χ3v) is 9.49. The van der Waals surface area contributed by atoms with Gasteiger partial charge in [-0.05, 0) is 79.2 Å². The first-order chi connectivity index (χ1) is 21.8. The van der Waals surface area contributed by atoms with Gasteiger partial charge in [-0.1, -0.05) is 137 Å². The van der Waals surface area contributed by atoms with Crippen LogP contribution in [0.15, 0.2) is 127 Å². The Hall–Kier alpha value is -5.15. The standard InChI is InChI=1S/C42H35N3/c1-41(2)26-42(3,4)37-25-31(21-22-36(37)41)39-43-38(30-17-12-16-28(23-30)27-13-6-5-7-14-27)44-40(45-39)35-24-29-15-8-9-18-32(29)33-19-10-11-20-34(33)35/h5-25H,26H2,1-4H3. The number of fused-ring (bicyclic) bond motifs is 4. The summed E-state index contributed by atoms with van der Waals surface area (Å²) in [6.45, 7) is 9.41. The normalized spacial score (nSPS) is 14.9. The Labute approximate surface area is 264 Å². The molecule has 0 aliphatic heterocycles. The van der Waals surface area contributed by atoms with Gasteiger partial charge in [0.25, 0.3) is 0 Å². The van der Waals surface area contributed by atoms with Gasteiger partial charge in [0.1, 0.15) is 0 Å². The summed E-state index contributed by atoms with van der Waals surface area (Å²) in [5.74, 6) is 2.05. The van der Waals surface area contributed by atoms with Gasteiger partial charge in [0.05, 0.1) is 0 Å². The average Bonchev–Trinajstić information content (AvgIpc) is 3.26. The van der Waals surface area contributed by atoms with E-state index < -0.39 is 0 Å². The maximum absolute atomic E-state index is 5.22. The minimum atomic E-state index is 0.0755. The molecule has 1 aliphatic carbocycles. The minimum absolute atomic E-state index is 0.0755. The van der Waals surface area contributed by atoms with Crippen LogP contribution in [0.25, 0.3) is 66.8 Å². The molecule has 1 heterocycles. The van der Waals surface area contributed by atoms with E-state index in [2.05, 4.69) is 149 Å². The number of rotatable bonds is 4. The average molecular weight is 582 g/mol. The van der Waals surface area contributed by atoms with E-state index in [1.165, 1.54) is 27.3 Å². The van der Waals surface area contributed by atoms with Crippen LogP contribution < -0.4 is 0 Å². The summed E-state index contributed by atoms with van der Waals surface area (Å²) < 4.78 is 0. The summed E-state index contributed by atoms with van der Waals surface area (Å²) in [7, 11) is 0. The number of nitrogens with zero attached hydrogens (tertiary/aromatic N) is 3. The Morgan fingerprint density at radius 1 is 0.422 bits per heavy atom. The molecule has 0 saturated carbocycles. The molecule has 0 fully saturated rings. The van der Waals surface area contributed by atoms with Gasteiger partial charge in [-0.25, -0.2) is 15.0 Å². The minimum Gasteiger partial charge on any atom is -0.208 e. The Bertz CT molecular complexity index is 2250. The predicted octanol–water partition coefficient (Wildman–Crippen LogP) is 10.8. The lowest BCUT2D eigenvalue weighted by Gasteiger charge is -2.22. The molecule has 0 spiro atoms. The zero-order chi connectivity index (χ0) is 30.8. The first-order valence-electron chi connectivity index (χ1n) is 15.8. The zero-order valence-electron chi connectivity index (χ0n) is 26.2. The summed E-state index contributed by atoms with van der Waals surface area (Å²) >= 11 is 0. The lowest BCUT2D eigenvalue weighted by atomic mass is 9.82. The first kappa shape index (κ1) is 27.4. The Morgan fingerprint density at radius 2 is 1.00 bits per heavy atom. The highest BCUT2D eigenvalue weighted by Gasteiger charge is 2.41. The lowest BCUT2D eigenvalue weighted by Crippen LogP contribution is -2.17. The SMILES string of the molecule is CC1(C)CC(C)(C)c2cc(-c3nc(-c4cccc(-c5ccccc5)c4)nc(-c4cc5ccccc5c5ccccc45)n3)ccc21. The maximum atomic E-state index is 5.22. The van der Waals surface area contributed by atoms with E-state index in [-0.39, 0.29) is 10.8 Å². The van der Waals surface area contributed by atoms with Crippen molar-refractivity contribution < 1.29 is 0 Å². The highest BCUT2D eigenvalue weighted by atomic mass is 15.0. The van der Waals surface area contributed by atoms with Gasteiger partial charge >= 0.3 is 0 Å². The zero-order valence-corrected chi connectivity index (χ0v) is 26.2. The van der Waals surface area contributed by atoms with Crippen LogP contribution in [-0.4, -0.2) is 15.0 Å². The molecule has 0 N–H and O–H groups in total. The van der Waals surface area contributed by atoms with Crippen molar-refractivity contribution >= 4 is 21.5 Å². The van der Waals surface area contributed by atoms with E-state index in [0.717, 1.165) is 39.6 Å². The van der Waals surface area contributed by atoms with Crippen molar-refractivity contribution in [3.8, 4) is 45.3 Å². The van der Waals surface area contributed by atoms with Crippen LogP contribution in [0, 0.1) is 0 Å². The molecule has 45 heavy (non-hydrogen) atoms. The fourth-order valence-corrected chi connectivity index (χ4v) is 7.59. The summed E-state index contributed by atoms with van der Waals surface area (Å²) in [4.78, 5) is 15.6. The van der Waals surface area contributed by atoms with Crippen LogP contribution in [0.4, 0.5) is 0 Å². The number of hydrogen-bond donors (Lipinski definition) is 0. The van der Waals surface area contributed by atoms with Gasteiger partial charge in [0, 0.05) is 16.7 Å². The second kappa shape index (κ2) is 10.2. The molecule has 0 radical (unpaired) electrons. The topological polar surface area (TPSA) is 38.7 Å². The molecule has 1 aromatic heterocycles. The molecular weight excluding hydrogens is 546 g/mol. The lowest BCUT2D eigenvalue weighted by molar-refractivity contribution is 0.403. The molecule has 218 valence electrons. The fraction of sp³-hybridized carbons (Fsp3) is 0.167. The van der Waals surface area contributed by atoms with Crippen molar-refractivity contribution in [2.24, 2.45) is 0 Å². The number of hydrogen-bond acceptors (Lipinski definition) is 3. The molecule has 1 aliphatic rings. The van der Waals surface area contributed by atoms with Crippen LogP contribution >= 0.6 is 0 Å². The Morgan fingerprint density at radius 3 is 1.78 bits per heavy atom. The van der Waals surface area contributed by atoms with E-state index in [0.29, 0.717) is 17.5 Å². The van der Waals surface area contributed by atoms with Gasteiger partial charge in [-0.3, -0.25) is 0 Å². The number of aromatic nitrogens is 3. The van der Waals surface area contributed by atoms with Gasteiger partial charge < -0.3 is 0 Å². The summed E-state index contributed by atoms with van der Waals surface area (Å²) in [6, 6.07) is 45.1. The van der Waals surface area contributed by atoms with Crippen molar-refractivity contribution in [2.45, 2.75) is 44.9 Å². The van der Waals surface area contributed by atoms with E-state index >= 15 is 0 Å². The monoisotopic (exact) mass is 581 g/mol. The molecule has 3 nitrogen and oxygen atoms in total. The molecule has 0 amide bonds. The molecule has 0 atom stereocenters. The molecule has 0 unspecified atom stereocenters. The Balaban J connectivity index is 1.38. The first-order valence-corrected chi connectivity index (χ1v) is 15.8. The van der Waals surface area contributed by atoms with Crippen molar-refractivity contribution in [3.05, 3.63) is 139 Å². The van der Waals surface area contributed by atoms with Gasteiger partial charge in [-0.15, -0.1) is 0 Å². The molecule has 0 bridgehead atoms. The quantitative estimate of drug-likeness (QED) is 0.194. The van der Waals surface area contributed by atoms with Crippen molar-refractivity contribution in [1.29, 1.82) is 0 Å². The second-order valence-corrected chi connectivity index (χ2v) is 13.6. The van der Waals surface area contributed by atoms with Gasteiger partial charge in [0.15, 0.2) is 17.5 Å². The molecule has 0 saturated heterocycles. The summed E-state index contributed by atoms with van der Waals surface area (Å²) in [5.41, 5.74) is 8.31. The van der Waals surface area contributed by atoms with Crippen LogP contribution in [-0.2, 0) is 10.8 Å². The van der Waals surface area contributed by atoms with Gasteiger partial charge in [-0.2, -0.15) is 0 Å². The van der Waals surface area contributed by atoms with E-state index in [1.54, 1.807) is 0 Å². The fourth-order valence-electron chi connectivity index (χ4n) is 7.59. The second-order valence-electron chi connectivity index (χ2n) is 13.6. The van der Waals surface area contributed by atoms with Gasteiger partial charge in [0.2, 0.25) is 0 Å². The molecule has 8 rings (SSSR count).